The van der Waals surface area contributed by atoms with Gasteiger partial charge >= 0.3 is 0 Å². The smallest absolute Gasteiger partial charge is 0.194 e. The van der Waals surface area contributed by atoms with Crippen LogP contribution in [0.3, 0.4) is 0 Å². The van der Waals surface area contributed by atoms with Gasteiger partial charge in [0.15, 0.2) is 5.96 Å². The van der Waals surface area contributed by atoms with E-state index < -0.39 is 0 Å². The summed E-state index contributed by atoms with van der Waals surface area (Å²) in [7, 11) is 0. The van der Waals surface area contributed by atoms with E-state index in [0.717, 1.165) is 57.5 Å². The Morgan fingerprint density at radius 2 is 1.61 bits per heavy atom. The Bertz CT molecular complexity index is 790. The third-order valence-corrected chi connectivity index (χ3v) is 6.17. The summed E-state index contributed by atoms with van der Waals surface area (Å²) in [5.74, 6) is 1.01. The van der Waals surface area contributed by atoms with E-state index >= 15 is 0 Å². The molecule has 0 atom stereocenters. The SMILES string of the molecule is CCNC(=NCc1ccc(CN2CCCCC2)cc1)N1CCN(Cc2ccon2)CC1. The molecule has 2 aliphatic rings. The minimum absolute atomic E-state index is 0.714. The summed E-state index contributed by atoms with van der Waals surface area (Å²) in [6.07, 6.45) is 5.71. The fourth-order valence-electron chi connectivity index (χ4n) is 4.38. The fourth-order valence-corrected chi connectivity index (χ4v) is 4.38. The highest BCUT2D eigenvalue weighted by Gasteiger charge is 2.20. The van der Waals surface area contributed by atoms with Crippen molar-refractivity contribution in [3.05, 3.63) is 53.4 Å². The van der Waals surface area contributed by atoms with E-state index in [2.05, 4.69) is 56.4 Å². The van der Waals surface area contributed by atoms with Crippen LogP contribution in [-0.4, -0.2) is 71.6 Å². The molecule has 1 N–H and O–H groups in total. The molecule has 2 aromatic rings. The van der Waals surface area contributed by atoms with Crippen LogP contribution in [0.1, 0.15) is 43.0 Å². The minimum Gasteiger partial charge on any atom is -0.364 e. The molecule has 1 aromatic carbocycles. The van der Waals surface area contributed by atoms with Gasteiger partial charge in [-0.1, -0.05) is 35.8 Å². The number of hydrogen-bond acceptors (Lipinski definition) is 5. The van der Waals surface area contributed by atoms with Crippen molar-refractivity contribution in [2.45, 2.75) is 45.8 Å². The number of aromatic nitrogens is 1. The zero-order valence-electron chi connectivity index (χ0n) is 18.8. The van der Waals surface area contributed by atoms with Crippen molar-refractivity contribution >= 4 is 5.96 Å². The van der Waals surface area contributed by atoms with Crippen molar-refractivity contribution in [3.8, 4) is 0 Å². The molecule has 2 saturated heterocycles. The Balaban J connectivity index is 1.28. The number of hydrogen-bond donors (Lipinski definition) is 1. The largest absolute Gasteiger partial charge is 0.364 e. The van der Waals surface area contributed by atoms with Crippen LogP contribution < -0.4 is 5.32 Å². The summed E-state index contributed by atoms with van der Waals surface area (Å²) in [6, 6.07) is 11.0. The van der Waals surface area contributed by atoms with Gasteiger partial charge in [0.25, 0.3) is 0 Å². The molecule has 4 rings (SSSR count). The molecule has 31 heavy (non-hydrogen) atoms. The van der Waals surface area contributed by atoms with Crippen LogP contribution in [-0.2, 0) is 19.6 Å². The topological polar surface area (TPSA) is 60.1 Å². The first-order valence-corrected chi connectivity index (χ1v) is 11.7. The summed E-state index contributed by atoms with van der Waals surface area (Å²) in [6.45, 7) is 12.1. The molecule has 168 valence electrons. The molecule has 7 nitrogen and oxygen atoms in total. The molecule has 2 aliphatic heterocycles. The molecule has 7 heteroatoms. The van der Waals surface area contributed by atoms with Gasteiger partial charge in [0, 0.05) is 51.9 Å². The van der Waals surface area contributed by atoms with Crippen molar-refractivity contribution in [1.29, 1.82) is 0 Å². The lowest BCUT2D eigenvalue weighted by Crippen LogP contribution is -2.52. The van der Waals surface area contributed by atoms with Crippen LogP contribution in [0.15, 0.2) is 46.1 Å². The predicted octanol–water partition coefficient (Wildman–Crippen LogP) is 2.94. The summed E-state index contributed by atoms with van der Waals surface area (Å²) in [5.41, 5.74) is 3.67. The zero-order valence-corrected chi connectivity index (χ0v) is 18.8. The zero-order chi connectivity index (χ0) is 21.3. The molecule has 0 aliphatic carbocycles. The lowest BCUT2D eigenvalue weighted by molar-refractivity contribution is 0.169. The maximum atomic E-state index is 4.95. The second kappa shape index (κ2) is 11.3. The first-order valence-electron chi connectivity index (χ1n) is 11.7. The van der Waals surface area contributed by atoms with Gasteiger partial charge < -0.3 is 14.7 Å². The number of nitrogens with zero attached hydrogens (tertiary/aromatic N) is 5. The standard InChI is InChI=1S/C24H36N6O/c1-2-25-24(30-15-13-29(14-16-30)20-23-10-17-31-27-23)26-18-21-6-8-22(9-7-21)19-28-11-4-3-5-12-28/h6-10,17H,2-5,11-16,18-20H2,1H3,(H,25,26). The minimum atomic E-state index is 0.714. The molecule has 0 saturated carbocycles. The van der Waals surface area contributed by atoms with E-state index in [4.69, 9.17) is 9.52 Å². The number of aliphatic imine (C=N–C) groups is 1. The van der Waals surface area contributed by atoms with Gasteiger partial charge in [0.1, 0.15) is 6.26 Å². The summed E-state index contributed by atoms with van der Waals surface area (Å²) >= 11 is 0. The lowest BCUT2D eigenvalue weighted by Gasteiger charge is -2.36. The van der Waals surface area contributed by atoms with Gasteiger partial charge in [-0.15, -0.1) is 0 Å². The molecule has 2 fully saturated rings. The Morgan fingerprint density at radius 1 is 0.903 bits per heavy atom. The number of likely N-dealkylation sites (tertiary alicyclic amines) is 1. The van der Waals surface area contributed by atoms with Crippen LogP contribution in [0.4, 0.5) is 0 Å². The highest BCUT2D eigenvalue weighted by Crippen LogP contribution is 2.14. The van der Waals surface area contributed by atoms with Crippen molar-refractivity contribution in [1.82, 2.24) is 25.2 Å². The first kappa shape index (κ1) is 21.8. The van der Waals surface area contributed by atoms with Crippen LogP contribution in [0.2, 0.25) is 0 Å². The quantitative estimate of drug-likeness (QED) is 0.545. The van der Waals surface area contributed by atoms with Gasteiger partial charge in [0.2, 0.25) is 0 Å². The third-order valence-electron chi connectivity index (χ3n) is 6.17. The lowest BCUT2D eigenvalue weighted by atomic mass is 10.1. The third kappa shape index (κ3) is 6.55. The molecule has 0 spiro atoms. The highest BCUT2D eigenvalue weighted by atomic mass is 16.5. The normalized spacial score (nSPS) is 19.0. The average Bonchev–Trinajstić information content (AvgIpc) is 3.32. The molecular formula is C24H36N6O. The summed E-state index contributed by atoms with van der Waals surface area (Å²) in [5, 5.41) is 7.50. The molecule has 0 bridgehead atoms. The van der Waals surface area contributed by atoms with E-state index in [1.807, 2.05) is 6.07 Å². The van der Waals surface area contributed by atoms with Crippen LogP contribution in [0.25, 0.3) is 0 Å². The summed E-state index contributed by atoms with van der Waals surface area (Å²) in [4.78, 5) is 12.3. The summed E-state index contributed by atoms with van der Waals surface area (Å²) < 4.78 is 4.95. The maximum absolute atomic E-state index is 4.95. The Kier molecular flexibility index (Phi) is 7.96. The van der Waals surface area contributed by atoms with Gasteiger partial charge in [0.05, 0.1) is 12.2 Å². The molecule has 0 radical (unpaired) electrons. The Morgan fingerprint density at radius 3 is 2.29 bits per heavy atom. The number of piperazine rings is 1. The van der Waals surface area contributed by atoms with Gasteiger partial charge in [-0.05, 0) is 44.0 Å². The second-order valence-corrected chi connectivity index (χ2v) is 8.58. The number of benzene rings is 1. The van der Waals surface area contributed by atoms with E-state index in [-0.39, 0.29) is 0 Å². The monoisotopic (exact) mass is 424 g/mol. The number of rotatable bonds is 7. The molecule has 3 heterocycles. The predicted molar refractivity (Wildman–Crippen MR) is 124 cm³/mol. The Labute approximate surface area is 186 Å². The molecule has 1 aromatic heterocycles. The second-order valence-electron chi connectivity index (χ2n) is 8.58. The van der Waals surface area contributed by atoms with Crippen molar-refractivity contribution in [2.75, 3.05) is 45.8 Å². The fraction of sp³-hybridized carbons (Fsp3) is 0.583. The highest BCUT2D eigenvalue weighted by molar-refractivity contribution is 5.80. The first-order chi connectivity index (χ1) is 15.3. The molecular weight excluding hydrogens is 388 g/mol. The van der Waals surface area contributed by atoms with E-state index in [9.17, 15) is 0 Å². The number of guanidine groups is 1. The maximum Gasteiger partial charge on any atom is 0.194 e. The molecule has 0 unspecified atom stereocenters. The van der Waals surface area contributed by atoms with Crippen molar-refractivity contribution in [3.63, 3.8) is 0 Å². The van der Waals surface area contributed by atoms with Gasteiger partial charge in [-0.2, -0.15) is 0 Å². The van der Waals surface area contributed by atoms with E-state index in [1.54, 1.807) is 6.26 Å². The molecule has 0 amide bonds. The van der Waals surface area contributed by atoms with Crippen LogP contribution >= 0.6 is 0 Å². The average molecular weight is 425 g/mol. The Hall–Kier alpha value is -2.38. The number of piperidine rings is 1. The van der Waals surface area contributed by atoms with E-state index in [0.29, 0.717) is 6.54 Å². The van der Waals surface area contributed by atoms with Gasteiger partial charge in [-0.3, -0.25) is 9.80 Å². The van der Waals surface area contributed by atoms with Crippen LogP contribution in [0.5, 0.6) is 0 Å². The van der Waals surface area contributed by atoms with Crippen molar-refractivity contribution in [2.24, 2.45) is 4.99 Å². The number of nitrogens with one attached hydrogen (secondary N) is 1. The van der Waals surface area contributed by atoms with Gasteiger partial charge in [-0.25, -0.2) is 4.99 Å². The van der Waals surface area contributed by atoms with E-state index in [1.165, 1.54) is 43.5 Å². The van der Waals surface area contributed by atoms with Crippen LogP contribution in [0, 0.1) is 0 Å². The van der Waals surface area contributed by atoms with Crippen molar-refractivity contribution < 1.29 is 4.52 Å².